The Morgan fingerprint density at radius 3 is 3.00 bits per heavy atom. The van der Waals surface area contributed by atoms with Crippen LogP contribution in [0.5, 0.6) is 0 Å². The number of aliphatic hydroxyl groups is 1. The Hall–Kier alpha value is -1.09. The molecule has 1 N–H and O–H groups in total. The van der Waals surface area contributed by atoms with Crippen molar-refractivity contribution in [3.8, 4) is 0 Å². The fraction of sp³-hybridized carbons (Fsp3) is 0. The molecule has 1 heterocycles. The normalized spacial score (nSPS) is 10.4. The zero-order chi connectivity index (χ0) is 7.40. The van der Waals surface area contributed by atoms with Gasteiger partial charge in [0.2, 0.25) is 0 Å². The van der Waals surface area contributed by atoms with Crippen LogP contribution in [0.3, 0.4) is 0 Å². The second kappa shape index (κ2) is 3.17. The first-order valence-corrected chi connectivity index (χ1v) is 3.66. The molecule has 3 heteroatoms. The van der Waals surface area contributed by atoms with Crippen LogP contribution in [0.2, 0.25) is 0 Å². The average Bonchev–Trinajstić information content (AvgIpc) is 2.38. The van der Waals surface area contributed by atoms with Crippen molar-refractivity contribution in [2.24, 2.45) is 0 Å². The van der Waals surface area contributed by atoms with Crippen molar-refractivity contribution in [3.05, 3.63) is 34.7 Å². The summed E-state index contributed by atoms with van der Waals surface area (Å²) in [5.41, 5.74) is 0.621. The smallest absolute Gasteiger partial charge is 0.189 e. The standard InChI is InChI=1S/C7H6O2S/c8-3-1-7(9)6-2-4-10-5-6/h1-5,8H. The van der Waals surface area contributed by atoms with Crippen LogP contribution in [0.4, 0.5) is 0 Å². The summed E-state index contributed by atoms with van der Waals surface area (Å²) in [4.78, 5) is 10.9. The van der Waals surface area contributed by atoms with Gasteiger partial charge in [-0.1, -0.05) is 0 Å². The van der Waals surface area contributed by atoms with E-state index in [9.17, 15) is 4.79 Å². The Kier molecular flexibility index (Phi) is 2.23. The Labute approximate surface area is 62.4 Å². The maximum absolute atomic E-state index is 10.9. The van der Waals surface area contributed by atoms with Crippen LogP contribution >= 0.6 is 11.3 Å². The molecule has 0 spiro atoms. The van der Waals surface area contributed by atoms with E-state index in [1.807, 2.05) is 5.38 Å². The largest absolute Gasteiger partial charge is 0.515 e. The summed E-state index contributed by atoms with van der Waals surface area (Å²) < 4.78 is 0. The molecule has 0 bridgehead atoms. The number of thiophene rings is 1. The molecular weight excluding hydrogens is 148 g/mol. The van der Waals surface area contributed by atoms with Gasteiger partial charge in [-0.15, -0.1) is 0 Å². The molecule has 10 heavy (non-hydrogen) atoms. The molecule has 0 aliphatic carbocycles. The molecule has 1 aromatic heterocycles. The minimum atomic E-state index is -0.163. The monoisotopic (exact) mass is 154 g/mol. The van der Waals surface area contributed by atoms with Gasteiger partial charge in [0.1, 0.15) is 0 Å². The minimum Gasteiger partial charge on any atom is -0.515 e. The van der Waals surface area contributed by atoms with Crippen LogP contribution in [0, 0.1) is 0 Å². The molecule has 0 aromatic carbocycles. The zero-order valence-electron chi connectivity index (χ0n) is 5.15. The summed E-state index contributed by atoms with van der Waals surface area (Å²) in [5, 5.41) is 11.8. The van der Waals surface area contributed by atoms with Crippen LogP contribution in [-0.4, -0.2) is 10.9 Å². The fourth-order valence-electron chi connectivity index (χ4n) is 0.569. The van der Waals surface area contributed by atoms with Gasteiger partial charge in [-0.05, 0) is 11.4 Å². The molecule has 0 aliphatic heterocycles. The van der Waals surface area contributed by atoms with E-state index in [0.717, 1.165) is 12.3 Å². The average molecular weight is 154 g/mol. The molecule has 0 amide bonds. The maximum Gasteiger partial charge on any atom is 0.189 e. The highest BCUT2D eigenvalue weighted by Gasteiger charge is 1.99. The van der Waals surface area contributed by atoms with Gasteiger partial charge < -0.3 is 5.11 Å². The summed E-state index contributed by atoms with van der Waals surface area (Å²) in [6.07, 6.45) is 1.88. The Bertz CT molecular complexity index is 236. The van der Waals surface area contributed by atoms with Crippen molar-refractivity contribution in [1.82, 2.24) is 0 Å². The summed E-state index contributed by atoms with van der Waals surface area (Å²) >= 11 is 1.46. The molecule has 1 aromatic rings. The highest BCUT2D eigenvalue weighted by atomic mass is 32.1. The van der Waals surface area contributed by atoms with E-state index in [1.54, 1.807) is 11.4 Å². The Morgan fingerprint density at radius 1 is 1.70 bits per heavy atom. The summed E-state index contributed by atoms with van der Waals surface area (Å²) in [7, 11) is 0. The highest BCUT2D eigenvalue weighted by molar-refractivity contribution is 7.08. The molecule has 1 rings (SSSR count). The van der Waals surface area contributed by atoms with Crippen LogP contribution in [0.25, 0.3) is 0 Å². The summed E-state index contributed by atoms with van der Waals surface area (Å²) in [6.45, 7) is 0. The third-order valence-electron chi connectivity index (χ3n) is 1.03. The zero-order valence-corrected chi connectivity index (χ0v) is 5.97. The lowest BCUT2D eigenvalue weighted by Crippen LogP contribution is -1.89. The summed E-state index contributed by atoms with van der Waals surface area (Å²) in [6, 6.07) is 1.72. The van der Waals surface area contributed by atoms with Gasteiger partial charge >= 0.3 is 0 Å². The predicted molar refractivity (Wildman–Crippen MR) is 40.4 cm³/mol. The SMILES string of the molecule is O=C(C=CO)c1ccsc1. The first-order valence-electron chi connectivity index (χ1n) is 2.72. The van der Waals surface area contributed by atoms with Gasteiger partial charge in [-0.3, -0.25) is 4.79 Å². The molecule has 0 fully saturated rings. The van der Waals surface area contributed by atoms with E-state index < -0.39 is 0 Å². The van der Waals surface area contributed by atoms with E-state index in [1.165, 1.54) is 11.3 Å². The van der Waals surface area contributed by atoms with E-state index >= 15 is 0 Å². The molecule has 2 nitrogen and oxygen atoms in total. The third kappa shape index (κ3) is 1.45. The fourth-order valence-corrected chi connectivity index (χ4v) is 1.21. The van der Waals surface area contributed by atoms with Crippen molar-refractivity contribution in [2.45, 2.75) is 0 Å². The van der Waals surface area contributed by atoms with Crippen molar-refractivity contribution < 1.29 is 9.90 Å². The molecule has 0 aliphatic rings. The number of rotatable bonds is 2. The topological polar surface area (TPSA) is 37.3 Å². The molecule has 52 valence electrons. The molecule has 0 saturated heterocycles. The Balaban J connectivity index is 2.78. The van der Waals surface area contributed by atoms with Gasteiger partial charge in [-0.2, -0.15) is 11.3 Å². The second-order valence-electron chi connectivity index (χ2n) is 1.69. The lowest BCUT2D eigenvalue weighted by atomic mass is 10.2. The van der Waals surface area contributed by atoms with Crippen LogP contribution < -0.4 is 0 Å². The highest BCUT2D eigenvalue weighted by Crippen LogP contribution is 2.06. The Morgan fingerprint density at radius 2 is 2.50 bits per heavy atom. The number of hydrogen-bond acceptors (Lipinski definition) is 3. The first-order chi connectivity index (χ1) is 4.84. The number of aliphatic hydroxyl groups excluding tert-OH is 1. The quantitative estimate of drug-likeness (QED) is 0.402. The number of carbonyl (C=O) groups excluding carboxylic acids is 1. The van der Waals surface area contributed by atoms with E-state index in [-0.39, 0.29) is 5.78 Å². The van der Waals surface area contributed by atoms with E-state index in [0.29, 0.717) is 5.56 Å². The van der Waals surface area contributed by atoms with Crippen molar-refractivity contribution >= 4 is 17.1 Å². The number of ketones is 1. The van der Waals surface area contributed by atoms with Crippen LogP contribution in [0.15, 0.2) is 29.2 Å². The third-order valence-corrected chi connectivity index (χ3v) is 1.71. The molecule has 0 atom stereocenters. The number of hydrogen-bond donors (Lipinski definition) is 1. The number of carbonyl (C=O) groups is 1. The molecular formula is C7H6O2S. The second-order valence-corrected chi connectivity index (χ2v) is 2.47. The van der Waals surface area contributed by atoms with Crippen molar-refractivity contribution in [1.29, 1.82) is 0 Å². The number of allylic oxidation sites excluding steroid dienone is 1. The van der Waals surface area contributed by atoms with Gasteiger partial charge in [0, 0.05) is 17.0 Å². The molecule has 0 radical (unpaired) electrons. The minimum absolute atomic E-state index is 0.163. The lowest BCUT2D eigenvalue weighted by Gasteiger charge is -1.83. The maximum atomic E-state index is 10.9. The van der Waals surface area contributed by atoms with Crippen molar-refractivity contribution in [2.75, 3.05) is 0 Å². The van der Waals surface area contributed by atoms with Gasteiger partial charge in [-0.25, -0.2) is 0 Å². The van der Waals surface area contributed by atoms with Crippen LogP contribution in [0.1, 0.15) is 10.4 Å². The first kappa shape index (κ1) is 7.02. The van der Waals surface area contributed by atoms with E-state index in [2.05, 4.69) is 0 Å². The lowest BCUT2D eigenvalue weighted by molar-refractivity contribution is 0.104. The summed E-state index contributed by atoms with van der Waals surface area (Å²) in [5.74, 6) is -0.163. The van der Waals surface area contributed by atoms with Gasteiger partial charge in [0.05, 0.1) is 6.26 Å². The van der Waals surface area contributed by atoms with Gasteiger partial charge in [0.25, 0.3) is 0 Å². The predicted octanol–water partition coefficient (Wildman–Crippen LogP) is 2.00. The molecule has 0 unspecified atom stereocenters. The van der Waals surface area contributed by atoms with E-state index in [4.69, 9.17) is 5.11 Å². The van der Waals surface area contributed by atoms with Crippen LogP contribution in [-0.2, 0) is 0 Å². The van der Waals surface area contributed by atoms with Gasteiger partial charge in [0.15, 0.2) is 5.78 Å². The molecule has 0 saturated carbocycles. The van der Waals surface area contributed by atoms with Crippen molar-refractivity contribution in [3.63, 3.8) is 0 Å².